The lowest BCUT2D eigenvalue weighted by molar-refractivity contribution is 0.0826. The highest BCUT2D eigenvalue weighted by atomic mass is 16.5. The van der Waals surface area contributed by atoms with E-state index in [1.54, 1.807) is 25.1 Å². The third-order valence-electron chi connectivity index (χ3n) is 4.50. The quantitative estimate of drug-likeness (QED) is 0.784. The number of carbonyl (C=O) groups is 1. The molecule has 0 saturated carbocycles. The van der Waals surface area contributed by atoms with Crippen molar-refractivity contribution in [3.05, 3.63) is 53.3 Å². The lowest BCUT2D eigenvalue weighted by Crippen LogP contribution is -2.22. The summed E-state index contributed by atoms with van der Waals surface area (Å²) >= 11 is 0. The number of fused-ring (bicyclic) bond motifs is 2. The van der Waals surface area contributed by atoms with Crippen LogP contribution in [0.5, 0.6) is 11.5 Å². The first-order chi connectivity index (χ1) is 12.5. The fourth-order valence-electron chi connectivity index (χ4n) is 3.27. The molecule has 0 radical (unpaired) electrons. The fourth-order valence-corrected chi connectivity index (χ4v) is 3.27. The summed E-state index contributed by atoms with van der Waals surface area (Å²) in [5, 5.41) is 0. The van der Waals surface area contributed by atoms with Gasteiger partial charge in [-0.15, -0.1) is 0 Å². The molecule has 0 fully saturated rings. The van der Waals surface area contributed by atoms with Gasteiger partial charge >= 0.3 is 0 Å². The molecule has 1 atom stereocenters. The Kier molecular flexibility index (Phi) is 4.03. The molecule has 0 aliphatic carbocycles. The first-order valence-electron chi connectivity index (χ1n) is 8.63. The summed E-state index contributed by atoms with van der Waals surface area (Å²) in [5.41, 5.74) is 3.12. The molecule has 1 N–H and O–H groups in total. The zero-order valence-electron chi connectivity index (χ0n) is 15.1. The molecule has 0 saturated heterocycles. The fraction of sp³-hybridized carbons (Fsp3) is 0.300. The number of imidazole rings is 1. The average molecular weight is 351 g/mol. The number of rotatable bonds is 3. The highest BCUT2D eigenvalue weighted by molar-refractivity contribution is 5.99. The molecule has 6 nitrogen and oxygen atoms in total. The Balaban J connectivity index is 1.77. The standard InChI is InChI=1S/C20H21N3O3/c1-12-21-15-10-13(20(24)23(2)3)11-18(19(15)22-12)26-17-8-9-25-16-7-5-4-6-14(16)17/h4-7,10-11,17H,8-9H2,1-3H3,(H,21,22). The summed E-state index contributed by atoms with van der Waals surface area (Å²) in [6.45, 7) is 2.49. The number of aromatic nitrogens is 2. The smallest absolute Gasteiger partial charge is 0.253 e. The number of aryl methyl sites for hydroxylation is 1. The number of nitrogens with one attached hydrogen (secondary N) is 1. The van der Waals surface area contributed by atoms with Gasteiger partial charge in [0.1, 0.15) is 28.9 Å². The molecule has 1 aliphatic heterocycles. The predicted molar refractivity (Wildman–Crippen MR) is 98.8 cm³/mol. The van der Waals surface area contributed by atoms with Gasteiger partial charge in [0.15, 0.2) is 0 Å². The highest BCUT2D eigenvalue weighted by Crippen LogP contribution is 2.37. The van der Waals surface area contributed by atoms with Crippen molar-refractivity contribution < 1.29 is 14.3 Å². The third kappa shape index (κ3) is 2.87. The van der Waals surface area contributed by atoms with E-state index in [0.717, 1.165) is 34.6 Å². The molecule has 2 heterocycles. The molecular formula is C20H21N3O3. The minimum Gasteiger partial charge on any atom is -0.493 e. The van der Waals surface area contributed by atoms with Crippen molar-refractivity contribution >= 4 is 16.9 Å². The number of hydrogen-bond acceptors (Lipinski definition) is 4. The summed E-state index contributed by atoms with van der Waals surface area (Å²) in [6, 6.07) is 11.5. The lowest BCUT2D eigenvalue weighted by atomic mass is 10.0. The molecule has 4 rings (SSSR count). The van der Waals surface area contributed by atoms with Crippen LogP contribution in [0.2, 0.25) is 0 Å². The Bertz CT molecular complexity index is 978. The molecule has 1 amide bonds. The lowest BCUT2D eigenvalue weighted by Gasteiger charge is -2.26. The largest absolute Gasteiger partial charge is 0.493 e. The topological polar surface area (TPSA) is 67.5 Å². The van der Waals surface area contributed by atoms with Gasteiger partial charge in [0.25, 0.3) is 5.91 Å². The monoisotopic (exact) mass is 351 g/mol. The zero-order valence-corrected chi connectivity index (χ0v) is 15.1. The second-order valence-electron chi connectivity index (χ2n) is 6.67. The summed E-state index contributed by atoms with van der Waals surface area (Å²) in [7, 11) is 3.47. The van der Waals surface area contributed by atoms with Crippen molar-refractivity contribution in [2.24, 2.45) is 0 Å². The van der Waals surface area contributed by atoms with Crippen LogP contribution in [0, 0.1) is 6.92 Å². The minimum atomic E-state index is -0.134. The Morgan fingerprint density at radius 1 is 1.31 bits per heavy atom. The van der Waals surface area contributed by atoms with Crippen LogP contribution in [-0.4, -0.2) is 41.5 Å². The number of benzene rings is 2. The zero-order chi connectivity index (χ0) is 18.3. The molecule has 6 heteroatoms. The van der Waals surface area contributed by atoms with Gasteiger partial charge in [0, 0.05) is 31.6 Å². The van der Waals surface area contributed by atoms with Gasteiger partial charge in [-0.05, 0) is 25.1 Å². The van der Waals surface area contributed by atoms with Gasteiger partial charge in [-0.1, -0.05) is 18.2 Å². The number of ether oxygens (including phenoxy) is 2. The van der Waals surface area contributed by atoms with Gasteiger partial charge in [-0.2, -0.15) is 0 Å². The Hall–Kier alpha value is -3.02. The SMILES string of the molecule is Cc1nc2c(OC3CCOc4ccccc43)cc(C(=O)N(C)C)cc2[nH]1. The maximum atomic E-state index is 12.5. The number of hydrogen-bond donors (Lipinski definition) is 1. The van der Waals surface area contributed by atoms with E-state index >= 15 is 0 Å². The molecule has 2 aromatic carbocycles. The van der Waals surface area contributed by atoms with E-state index in [0.29, 0.717) is 17.9 Å². The number of para-hydroxylation sites is 1. The number of carbonyl (C=O) groups excluding carboxylic acids is 1. The van der Waals surface area contributed by atoms with Crippen LogP contribution in [0.1, 0.15) is 34.3 Å². The van der Waals surface area contributed by atoms with Crippen LogP contribution < -0.4 is 9.47 Å². The van der Waals surface area contributed by atoms with E-state index < -0.39 is 0 Å². The van der Waals surface area contributed by atoms with Gasteiger partial charge < -0.3 is 19.4 Å². The first-order valence-corrected chi connectivity index (χ1v) is 8.63. The van der Waals surface area contributed by atoms with E-state index in [4.69, 9.17) is 9.47 Å². The predicted octanol–water partition coefficient (Wildman–Crippen LogP) is 3.48. The molecule has 0 bridgehead atoms. The van der Waals surface area contributed by atoms with E-state index in [2.05, 4.69) is 9.97 Å². The summed E-state index contributed by atoms with van der Waals surface area (Å²) in [4.78, 5) is 21.8. The molecule has 1 unspecified atom stereocenters. The second kappa shape index (κ2) is 6.37. The van der Waals surface area contributed by atoms with Gasteiger partial charge in [-0.25, -0.2) is 4.98 Å². The Labute approximate surface area is 151 Å². The normalized spacial score (nSPS) is 16.0. The molecule has 26 heavy (non-hydrogen) atoms. The summed E-state index contributed by atoms with van der Waals surface area (Å²) in [6.07, 6.45) is 0.609. The third-order valence-corrected chi connectivity index (χ3v) is 4.50. The maximum absolute atomic E-state index is 12.5. The number of H-pyrrole nitrogens is 1. The maximum Gasteiger partial charge on any atom is 0.253 e. The van der Waals surface area contributed by atoms with Gasteiger partial charge in [-0.3, -0.25) is 4.79 Å². The Morgan fingerprint density at radius 2 is 2.12 bits per heavy atom. The van der Waals surface area contributed by atoms with Crippen molar-refractivity contribution in [2.75, 3.05) is 20.7 Å². The minimum absolute atomic E-state index is 0.0728. The van der Waals surface area contributed by atoms with Crippen molar-refractivity contribution in [1.82, 2.24) is 14.9 Å². The molecule has 1 aromatic heterocycles. The summed E-state index contributed by atoms with van der Waals surface area (Å²) < 4.78 is 12.1. The second-order valence-corrected chi connectivity index (χ2v) is 6.67. The number of amides is 1. The number of nitrogens with zero attached hydrogens (tertiary/aromatic N) is 2. The first kappa shape index (κ1) is 16.4. The van der Waals surface area contributed by atoms with Crippen LogP contribution >= 0.6 is 0 Å². The van der Waals surface area contributed by atoms with Crippen LogP contribution in [0.4, 0.5) is 0 Å². The van der Waals surface area contributed by atoms with E-state index in [9.17, 15) is 4.79 Å². The van der Waals surface area contributed by atoms with Crippen molar-refractivity contribution in [3.8, 4) is 11.5 Å². The molecular weight excluding hydrogens is 330 g/mol. The molecule has 1 aliphatic rings. The Morgan fingerprint density at radius 3 is 2.92 bits per heavy atom. The van der Waals surface area contributed by atoms with Crippen molar-refractivity contribution in [2.45, 2.75) is 19.4 Å². The molecule has 134 valence electrons. The van der Waals surface area contributed by atoms with E-state index in [1.807, 2.05) is 37.3 Å². The van der Waals surface area contributed by atoms with E-state index in [-0.39, 0.29) is 12.0 Å². The number of aromatic amines is 1. The van der Waals surface area contributed by atoms with Crippen molar-refractivity contribution in [1.29, 1.82) is 0 Å². The van der Waals surface area contributed by atoms with Crippen LogP contribution in [0.3, 0.4) is 0 Å². The van der Waals surface area contributed by atoms with Crippen LogP contribution in [0.25, 0.3) is 11.0 Å². The van der Waals surface area contributed by atoms with E-state index in [1.165, 1.54) is 0 Å². The van der Waals surface area contributed by atoms with Crippen LogP contribution in [0.15, 0.2) is 36.4 Å². The highest BCUT2D eigenvalue weighted by Gasteiger charge is 2.24. The average Bonchev–Trinajstić information content (AvgIpc) is 3.01. The van der Waals surface area contributed by atoms with Crippen molar-refractivity contribution in [3.63, 3.8) is 0 Å². The van der Waals surface area contributed by atoms with Gasteiger partial charge in [0.05, 0.1) is 12.1 Å². The summed E-state index contributed by atoms with van der Waals surface area (Å²) in [5.74, 6) is 2.17. The molecule has 0 spiro atoms. The molecule has 3 aromatic rings. The van der Waals surface area contributed by atoms with Gasteiger partial charge in [0.2, 0.25) is 0 Å². The van der Waals surface area contributed by atoms with Crippen LogP contribution in [-0.2, 0) is 0 Å².